The Labute approximate surface area is 110 Å². The molecule has 0 aliphatic rings. The molecule has 6 nitrogen and oxygen atoms in total. The lowest BCUT2D eigenvalue weighted by Crippen LogP contribution is -2.07. The van der Waals surface area contributed by atoms with Gasteiger partial charge in [0.25, 0.3) is 5.82 Å². The number of hydrogen-bond donors (Lipinski definition) is 1. The van der Waals surface area contributed by atoms with Gasteiger partial charge in [-0.1, -0.05) is 5.16 Å². The van der Waals surface area contributed by atoms with E-state index < -0.39 is 12.0 Å². The number of alkyl halides is 3. The van der Waals surface area contributed by atoms with Crippen LogP contribution >= 0.6 is 0 Å². The monoisotopic (exact) mass is 283 g/mol. The fourth-order valence-electron chi connectivity index (χ4n) is 1.73. The third-order valence-corrected chi connectivity index (χ3v) is 2.63. The molecular formula is C11H8F3N5O. The van der Waals surface area contributed by atoms with Crippen molar-refractivity contribution in [2.75, 3.05) is 0 Å². The molecule has 0 saturated heterocycles. The van der Waals surface area contributed by atoms with Crippen molar-refractivity contribution in [2.45, 2.75) is 19.0 Å². The van der Waals surface area contributed by atoms with Gasteiger partial charge in [-0.3, -0.25) is 4.98 Å². The highest BCUT2D eigenvalue weighted by atomic mass is 19.4. The summed E-state index contributed by atoms with van der Waals surface area (Å²) >= 11 is 0. The van der Waals surface area contributed by atoms with Crippen LogP contribution in [0.25, 0.3) is 11.0 Å². The maximum atomic E-state index is 12.3. The van der Waals surface area contributed by atoms with Crippen LogP contribution in [0.4, 0.5) is 13.2 Å². The molecule has 3 rings (SSSR count). The van der Waals surface area contributed by atoms with Crippen molar-refractivity contribution in [1.29, 1.82) is 0 Å². The molecule has 0 amide bonds. The highest BCUT2D eigenvalue weighted by Gasteiger charge is 2.37. The summed E-state index contributed by atoms with van der Waals surface area (Å²) in [5.74, 6) is -0.711. The molecule has 0 bridgehead atoms. The standard InChI is InChI=1S/C11H8F3N5O/c12-11(13,14)10-18-9(20-19-10)2-1-8-16-6-3-4-15-5-7(6)17-8/h3-5H,1-2H2,(H,16,17). The Hall–Kier alpha value is -2.45. The Morgan fingerprint density at radius 1 is 1.20 bits per heavy atom. The average Bonchev–Trinajstić information content (AvgIpc) is 3.02. The van der Waals surface area contributed by atoms with Crippen LogP contribution in [0, 0.1) is 0 Å². The highest BCUT2D eigenvalue weighted by molar-refractivity contribution is 5.73. The van der Waals surface area contributed by atoms with Gasteiger partial charge in [0.15, 0.2) is 0 Å². The lowest BCUT2D eigenvalue weighted by Gasteiger charge is -1.96. The van der Waals surface area contributed by atoms with Gasteiger partial charge in [-0.25, -0.2) is 4.98 Å². The molecule has 0 unspecified atom stereocenters. The molecule has 0 aliphatic heterocycles. The van der Waals surface area contributed by atoms with E-state index in [0.717, 1.165) is 11.0 Å². The van der Waals surface area contributed by atoms with E-state index in [1.165, 1.54) is 0 Å². The quantitative estimate of drug-likeness (QED) is 0.796. The van der Waals surface area contributed by atoms with Crippen LogP contribution in [-0.2, 0) is 19.0 Å². The van der Waals surface area contributed by atoms with E-state index >= 15 is 0 Å². The van der Waals surface area contributed by atoms with E-state index in [0.29, 0.717) is 12.2 Å². The van der Waals surface area contributed by atoms with Crippen LogP contribution in [0.3, 0.4) is 0 Å². The largest absolute Gasteiger partial charge is 0.455 e. The summed E-state index contributed by atoms with van der Waals surface area (Å²) in [4.78, 5) is 14.5. The summed E-state index contributed by atoms with van der Waals surface area (Å²) in [5.41, 5.74) is 1.51. The number of aromatic nitrogens is 5. The lowest BCUT2D eigenvalue weighted by atomic mass is 10.3. The number of rotatable bonds is 3. The molecule has 0 aromatic carbocycles. The van der Waals surface area contributed by atoms with Crippen molar-refractivity contribution >= 4 is 11.0 Å². The summed E-state index contributed by atoms with van der Waals surface area (Å²) in [6.45, 7) is 0. The first-order valence-corrected chi connectivity index (χ1v) is 5.71. The summed E-state index contributed by atoms with van der Waals surface area (Å²) in [7, 11) is 0. The predicted octanol–water partition coefficient (Wildman–Crippen LogP) is 2.14. The molecule has 1 N–H and O–H groups in total. The molecule has 0 atom stereocenters. The predicted molar refractivity (Wildman–Crippen MR) is 60.6 cm³/mol. The third-order valence-electron chi connectivity index (χ3n) is 2.63. The number of nitrogens with zero attached hydrogens (tertiary/aromatic N) is 4. The Morgan fingerprint density at radius 2 is 2.05 bits per heavy atom. The number of H-pyrrole nitrogens is 1. The third kappa shape index (κ3) is 2.46. The number of nitrogens with one attached hydrogen (secondary N) is 1. The topological polar surface area (TPSA) is 80.5 Å². The van der Waals surface area contributed by atoms with Gasteiger partial charge in [-0.15, -0.1) is 0 Å². The molecule has 3 aromatic heterocycles. The van der Waals surface area contributed by atoms with Gasteiger partial charge in [0.05, 0.1) is 17.2 Å². The molecule has 0 aliphatic carbocycles. The number of fused-ring (bicyclic) bond motifs is 1. The molecule has 20 heavy (non-hydrogen) atoms. The van der Waals surface area contributed by atoms with Crippen molar-refractivity contribution in [1.82, 2.24) is 25.1 Å². The van der Waals surface area contributed by atoms with Crippen LogP contribution in [0.1, 0.15) is 17.5 Å². The van der Waals surface area contributed by atoms with Crippen molar-refractivity contribution in [3.05, 3.63) is 36.0 Å². The molecule has 0 spiro atoms. The zero-order valence-corrected chi connectivity index (χ0v) is 9.98. The first kappa shape index (κ1) is 12.6. The molecule has 0 radical (unpaired) electrons. The van der Waals surface area contributed by atoms with E-state index in [9.17, 15) is 13.2 Å². The number of aryl methyl sites for hydroxylation is 2. The molecule has 3 heterocycles. The number of pyridine rings is 1. The van der Waals surface area contributed by atoms with E-state index in [1.807, 2.05) is 0 Å². The van der Waals surface area contributed by atoms with Crippen LogP contribution < -0.4 is 0 Å². The SMILES string of the molecule is FC(F)(F)c1noc(CCc2nc3ccncc3[nH]2)n1. The number of hydrogen-bond acceptors (Lipinski definition) is 5. The summed E-state index contributed by atoms with van der Waals surface area (Å²) in [6.07, 6.45) is -0.807. The fourth-order valence-corrected chi connectivity index (χ4v) is 1.73. The fraction of sp³-hybridized carbons (Fsp3) is 0.273. The highest BCUT2D eigenvalue weighted by Crippen LogP contribution is 2.26. The van der Waals surface area contributed by atoms with Gasteiger partial charge in [0.1, 0.15) is 5.82 Å². The van der Waals surface area contributed by atoms with E-state index in [1.54, 1.807) is 18.5 Å². The normalized spacial score (nSPS) is 12.2. The first-order valence-electron chi connectivity index (χ1n) is 5.71. The molecule has 0 saturated carbocycles. The summed E-state index contributed by atoms with van der Waals surface area (Å²) in [6, 6.07) is 1.74. The molecule has 3 aromatic rings. The summed E-state index contributed by atoms with van der Waals surface area (Å²) in [5, 5.41) is 2.89. The minimum atomic E-state index is -4.59. The Bertz CT molecular complexity index is 700. The van der Waals surface area contributed by atoms with Crippen LogP contribution in [-0.4, -0.2) is 25.1 Å². The Morgan fingerprint density at radius 3 is 2.75 bits per heavy atom. The number of imidazole rings is 1. The van der Waals surface area contributed by atoms with Gasteiger partial charge >= 0.3 is 6.18 Å². The average molecular weight is 283 g/mol. The van der Waals surface area contributed by atoms with Crippen molar-refractivity contribution in [3.8, 4) is 0 Å². The zero-order chi connectivity index (χ0) is 14.2. The smallest absolute Gasteiger partial charge is 0.341 e. The van der Waals surface area contributed by atoms with Crippen LogP contribution in [0.5, 0.6) is 0 Å². The van der Waals surface area contributed by atoms with E-state index in [4.69, 9.17) is 0 Å². The maximum absolute atomic E-state index is 12.3. The van der Waals surface area contributed by atoms with Crippen molar-refractivity contribution in [2.24, 2.45) is 0 Å². The van der Waals surface area contributed by atoms with Crippen LogP contribution in [0.15, 0.2) is 23.0 Å². The van der Waals surface area contributed by atoms with Crippen LogP contribution in [0.2, 0.25) is 0 Å². The minimum absolute atomic E-state index is 0.0732. The second-order valence-electron chi connectivity index (χ2n) is 4.09. The lowest BCUT2D eigenvalue weighted by molar-refractivity contribution is -0.146. The first-order chi connectivity index (χ1) is 9.52. The van der Waals surface area contributed by atoms with Gasteiger partial charge < -0.3 is 9.51 Å². The second kappa shape index (κ2) is 4.58. The van der Waals surface area contributed by atoms with E-state index in [2.05, 4.69) is 29.6 Å². The Balaban J connectivity index is 1.71. The molecular weight excluding hydrogens is 275 g/mol. The van der Waals surface area contributed by atoms with Gasteiger partial charge in [0, 0.05) is 19.0 Å². The molecule has 104 valence electrons. The number of aromatic amines is 1. The second-order valence-corrected chi connectivity index (χ2v) is 4.09. The zero-order valence-electron chi connectivity index (χ0n) is 9.98. The van der Waals surface area contributed by atoms with Crippen molar-refractivity contribution < 1.29 is 17.7 Å². The Kier molecular flexibility index (Phi) is 2.88. The molecule has 9 heteroatoms. The molecule has 0 fully saturated rings. The van der Waals surface area contributed by atoms with Gasteiger partial charge in [0.2, 0.25) is 5.89 Å². The minimum Gasteiger partial charge on any atom is -0.341 e. The van der Waals surface area contributed by atoms with Crippen molar-refractivity contribution in [3.63, 3.8) is 0 Å². The van der Waals surface area contributed by atoms with Gasteiger partial charge in [-0.2, -0.15) is 18.2 Å². The van der Waals surface area contributed by atoms with Gasteiger partial charge in [-0.05, 0) is 6.07 Å². The number of halogens is 3. The van der Waals surface area contributed by atoms with E-state index in [-0.39, 0.29) is 12.3 Å². The maximum Gasteiger partial charge on any atom is 0.455 e. The summed E-state index contributed by atoms with van der Waals surface area (Å²) < 4.78 is 41.4.